The Kier molecular flexibility index (Phi) is 6.87. The number of hydrogen-bond donors (Lipinski definition) is 0. The first-order valence-electron chi connectivity index (χ1n) is 9.00. The Morgan fingerprint density at radius 1 is 1.03 bits per heavy atom. The highest BCUT2D eigenvalue weighted by Crippen LogP contribution is 2.41. The quantitative estimate of drug-likeness (QED) is 0.490. The molecule has 0 aromatic heterocycles. The molecule has 1 fully saturated rings. The minimum absolute atomic E-state index is 0.313. The lowest BCUT2D eigenvalue weighted by atomic mass is 10.1. The summed E-state index contributed by atoms with van der Waals surface area (Å²) in [4.78, 5) is 27.0. The van der Waals surface area contributed by atoms with E-state index in [9.17, 15) is 9.59 Å². The molecule has 1 aliphatic heterocycles. The van der Waals surface area contributed by atoms with Crippen molar-refractivity contribution in [3.8, 4) is 17.2 Å². The van der Waals surface area contributed by atoms with Gasteiger partial charge in [0.25, 0.3) is 11.1 Å². The van der Waals surface area contributed by atoms with E-state index in [-0.39, 0.29) is 5.24 Å². The van der Waals surface area contributed by atoms with Gasteiger partial charge in [-0.05, 0) is 61.5 Å². The molecule has 0 unspecified atom stereocenters. The van der Waals surface area contributed by atoms with Gasteiger partial charge in [0.2, 0.25) is 0 Å². The minimum Gasteiger partial charge on any atom is -0.495 e. The summed E-state index contributed by atoms with van der Waals surface area (Å²) in [5.41, 5.74) is 1.13. The van der Waals surface area contributed by atoms with Crippen molar-refractivity contribution in [3.63, 3.8) is 0 Å². The van der Waals surface area contributed by atoms with Crippen molar-refractivity contribution in [3.05, 3.63) is 51.3 Å². The molecule has 29 heavy (non-hydrogen) atoms. The van der Waals surface area contributed by atoms with E-state index < -0.39 is 5.91 Å². The van der Waals surface area contributed by atoms with E-state index in [4.69, 9.17) is 14.2 Å². The Balaban J connectivity index is 1.98. The number of anilines is 1. The van der Waals surface area contributed by atoms with Crippen LogP contribution in [0.2, 0.25) is 0 Å². The lowest BCUT2D eigenvalue weighted by Crippen LogP contribution is -2.28. The zero-order valence-electron chi connectivity index (χ0n) is 16.2. The molecule has 0 radical (unpaired) electrons. The number of ether oxygens (including phenoxy) is 3. The molecule has 0 N–H and O–H groups in total. The molecule has 0 aliphatic carbocycles. The number of benzene rings is 2. The average molecular weight is 478 g/mol. The maximum atomic E-state index is 13.0. The van der Waals surface area contributed by atoms with Crippen LogP contribution < -0.4 is 19.1 Å². The molecule has 0 saturated carbocycles. The molecular weight excluding hydrogens is 458 g/mol. The van der Waals surface area contributed by atoms with E-state index in [0.29, 0.717) is 46.6 Å². The molecule has 1 saturated heterocycles. The fourth-order valence-corrected chi connectivity index (χ4v) is 4.09. The van der Waals surface area contributed by atoms with Crippen LogP contribution in [0.25, 0.3) is 6.08 Å². The van der Waals surface area contributed by atoms with Crippen LogP contribution in [0, 0.1) is 0 Å². The van der Waals surface area contributed by atoms with E-state index in [0.717, 1.165) is 21.1 Å². The van der Waals surface area contributed by atoms with Crippen molar-refractivity contribution >= 4 is 50.6 Å². The lowest BCUT2D eigenvalue weighted by molar-refractivity contribution is -0.113. The molecule has 2 aromatic carbocycles. The first-order valence-corrected chi connectivity index (χ1v) is 10.6. The van der Waals surface area contributed by atoms with Crippen LogP contribution in [0.1, 0.15) is 19.4 Å². The molecule has 8 heteroatoms. The maximum absolute atomic E-state index is 13.0. The smallest absolute Gasteiger partial charge is 0.298 e. The SMILES string of the molecule is CCOc1cc(Br)c(/C=C2\SC(=O)N(c3ccccc3OC)C2=O)cc1OCC. The standard InChI is InChI=1S/C21H20BrNO5S/c1-4-27-17-10-13(14(22)12-18(17)28-5-2)11-19-20(24)23(21(25)29-19)15-8-6-7-9-16(15)26-3/h6-12H,4-5H2,1-3H3/b19-11-. The molecular formula is C21H20BrNO5S. The third-order valence-electron chi connectivity index (χ3n) is 4.07. The first kappa shape index (κ1) is 21.3. The summed E-state index contributed by atoms with van der Waals surface area (Å²) >= 11 is 4.39. The number of carbonyl (C=O) groups excluding carboxylic acids is 2. The average Bonchev–Trinajstić information content (AvgIpc) is 2.98. The number of halogens is 1. The van der Waals surface area contributed by atoms with Gasteiger partial charge >= 0.3 is 0 Å². The predicted octanol–water partition coefficient (Wildman–Crippen LogP) is 5.50. The van der Waals surface area contributed by atoms with Crippen LogP contribution in [0.15, 0.2) is 45.8 Å². The van der Waals surface area contributed by atoms with Gasteiger partial charge in [0, 0.05) is 4.47 Å². The van der Waals surface area contributed by atoms with Crippen LogP contribution in [0.4, 0.5) is 10.5 Å². The zero-order chi connectivity index (χ0) is 21.0. The predicted molar refractivity (Wildman–Crippen MR) is 118 cm³/mol. The Morgan fingerprint density at radius 3 is 2.34 bits per heavy atom. The van der Waals surface area contributed by atoms with Crippen LogP contribution >= 0.6 is 27.7 Å². The van der Waals surface area contributed by atoms with Crippen LogP contribution in [0.3, 0.4) is 0 Å². The molecule has 3 rings (SSSR count). The van der Waals surface area contributed by atoms with Gasteiger partial charge in [0.1, 0.15) is 5.75 Å². The Morgan fingerprint density at radius 2 is 1.69 bits per heavy atom. The zero-order valence-corrected chi connectivity index (χ0v) is 18.6. The fourth-order valence-electron chi connectivity index (χ4n) is 2.83. The van der Waals surface area contributed by atoms with Gasteiger partial charge < -0.3 is 14.2 Å². The number of amides is 2. The highest BCUT2D eigenvalue weighted by molar-refractivity contribution is 9.10. The molecule has 152 valence electrons. The van der Waals surface area contributed by atoms with Crippen LogP contribution in [0.5, 0.6) is 17.2 Å². The van der Waals surface area contributed by atoms with E-state index in [1.807, 2.05) is 13.8 Å². The summed E-state index contributed by atoms with van der Waals surface area (Å²) in [7, 11) is 1.50. The summed E-state index contributed by atoms with van der Waals surface area (Å²) in [6, 6.07) is 10.5. The van der Waals surface area contributed by atoms with E-state index in [2.05, 4.69) is 15.9 Å². The van der Waals surface area contributed by atoms with Crippen LogP contribution in [-0.2, 0) is 4.79 Å². The van der Waals surface area contributed by atoms with Crippen molar-refractivity contribution in [1.29, 1.82) is 0 Å². The Labute approximate surface area is 181 Å². The third-order valence-corrected chi connectivity index (χ3v) is 5.63. The van der Waals surface area contributed by atoms with Gasteiger partial charge in [-0.25, -0.2) is 4.90 Å². The fraction of sp³-hybridized carbons (Fsp3) is 0.238. The second-order valence-corrected chi connectivity index (χ2v) is 7.72. The van der Waals surface area contributed by atoms with Crippen molar-refractivity contribution in [1.82, 2.24) is 0 Å². The maximum Gasteiger partial charge on any atom is 0.298 e. The molecule has 0 bridgehead atoms. The van der Waals surface area contributed by atoms with Gasteiger partial charge in [-0.3, -0.25) is 9.59 Å². The molecule has 6 nitrogen and oxygen atoms in total. The molecule has 1 heterocycles. The second kappa shape index (κ2) is 9.37. The topological polar surface area (TPSA) is 65.1 Å². The summed E-state index contributed by atoms with van der Waals surface area (Å²) in [5, 5.41) is -0.377. The molecule has 0 spiro atoms. The summed E-state index contributed by atoms with van der Waals surface area (Å²) < 4.78 is 17.3. The molecule has 2 amide bonds. The summed E-state index contributed by atoms with van der Waals surface area (Å²) in [6.07, 6.45) is 1.67. The van der Waals surface area contributed by atoms with E-state index in [1.165, 1.54) is 7.11 Å². The van der Waals surface area contributed by atoms with Gasteiger partial charge in [0.15, 0.2) is 11.5 Å². The van der Waals surface area contributed by atoms with Gasteiger partial charge in [-0.1, -0.05) is 28.1 Å². The Bertz CT molecular complexity index is 976. The largest absolute Gasteiger partial charge is 0.495 e. The minimum atomic E-state index is -0.400. The Hall–Kier alpha value is -2.45. The third kappa shape index (κ3) is 4.43. The highest BCUT2D eigenvalue weighted by atomic mass is 79.9. The van der Waals surface area contributed by atoms with Crippen molar-refractivity contribution in [2.24, 2.45) is 0 Å². The van der Waals surface area contributed by atoms with Crippen molar-refractivity contribution in [2.75, 3.05) is 25.2 Å². The lowest BCUT2D eigenvalue weighted by Gasteiger charge is -2.15. The number of nitrogens with zero attached hydrogens (tertiary/aromatic N) is 1. The number of imide groups is 1. The number of carbonyl (C=O) groups is 2. The van der Waals surface area contributed by atoms with Crippen molar-refractivity contribution in [2.45, 2.75) is 13.8 Å². The number of hydrogen-bond acceptors (Lipinski definition) is 6. The number of methoxy groups -OCH3 is 1. The second-order valence-electron chi connectivity index (χ2n) is 5.88. The van der Waals surface area contributed by atoms with E-state index in [1.54, 1.807) is 42.5 Å². The first-order chi connectivity index (χ1) is 14.0. The van der Waals surface area contributed by atoms with Gasteiger partial charge in [-0.15, -0.1) is 0 Å². The van der Waals surface area contributed by atoms with E-state index >= 15 is 0 Å². The molecule has 0 atom stereocenters. The summed E-state index contributed by atoms with van der Waals surface area (Å²) in [6.45, 7) is 4.76. The molecule has 2 aromatic rings. The number of rotatable bonds is 7. The molecule has 1 aliphatic rings. The highest BCUT2D eigenvalue weighted by Gasteiger charge is 2.37. The monoisotopic (exact) mass is 477 g/mol. The normalized spacial score (nSPS) is 15.2. The van der Waals surface area contributed by atoms with Crippen molar-refractivity contribution < 1.29 is 23.8 Å². The van der Waals surface area contributed by atoms with Crippen LogP contribution in [-0.4, -0.2) is 31.5 Å². The van der Waals surface area contributed by atoms with Gasteiger partial charge in [0.05, 0.1) is 30.9 Å². The number of para-hydroxylation sites is 2. The number of thioether (sulfide) groups is 1. The summed E-state index contributed by atoms with van der Waals surface area (Å²) in [5.74, 6) is 1.24. The van der Waals surface area contributed by atoms with Gasteiger partial charge in [-0.2, -0.15) is 0 Å².